The molecule has 1 aromatic heterocycles. The monoisotopic (exact) mass is 386 g/mol. The molecular weight excluding hydrogens is 354 g/mol. The highest BCUT2D eigenvalue weighted by molar-refractivity contribution is 6.97. The SMILES string of the molecule is BBc1cc(C(C(=O)N2CC(O)CC2C2=NC(C)(C)C(C)(C)N2)C(C)C)on1. The number of aliphatic imine (C=N–C) groups is 1. The number of hydrogen-bond acceptors (Lipinski definition) is 6. The van der Waals surface area contributed by atoms with Crippen LogP contribution in [0.1, 0.15) is 59.6 Å². The molecule has 3 rings (SSSR count). The van der Waals surface area contributed by atoms with Gasteiger partial charge in [-0.2, -0.15) is 0 Å². The highest BCUT2D eigenvalue weighted by Gasteiger charge is 2.49. The van der Waals surface area contributed by atoms with Gasteiger partial charge in [0.25, 0.3) is 0 Å². The maximum Gasteiger partial charge on any atom is 0.234 e. The summed E-state index contributed by atoms with van der Waals surface area (Å²) in [5.41, 5.74) is 0.336. The van der Waals surface area contributed by atoms with E-state index in [1.54, 1.807) is 4.90 Å². The van der Waals surface area contributed by atoms with Crippen molar-refractivity contribution >= 4 is 32.2 Å². The normalized spacial score (nSPS) is 26.9. The number of rotatable bonds is 5. The Kier molecular flexibility index (Phi) is 5.42. The Morgan fingerprint density at radius 3 is 2.61 bits per heavy atom. The fraction of sp³-hybridized carbons (Fsp3) is 0.737. The van der Waals surface area contributed by atoms with Gasteiger partial charge in [-0.15, -0.1) is 0 Å². The topological polar surface area (TPSA) is 91.0 Å². The van der Waals surface area contributed by atoms with Gasteiger partial charge in [-0.3, -0.25) is 9.79 Å². The minimum absolute atomic E-state index is 0.0395. The van der Waals surface area contributed by atoms with Crippen molar-refractivity contribution in [1.82, 2.24) is 15.4 Å². The van der Waals surface area contributed by atoms with Crippen molar-refractivity contribution in [1.29, 1.82) is 0 Å². The predicted octanol–water partition coefficient (Wildman–Crippen LogP) is -0.455. The molecule has 2 aliphatic heterocycles. The molecule has 28 heavy (non-hydrogen) atoms. The summed E-state index contributed by atoms with van der Waals surface area (Å²) < 4.78 is 5.51. The Morgan fingerprint density at radius 2 is 2.11 bits per heavy atom. The van der Waals surface area contributed by atoms with Crippen LogP contribution in [0.2, 0.25) is 0 Å². The lowest BCUT2D eigenvalue weighted by molar-refractivity contribution is -0.134. The quantitative estimate of drug-likeness (QED) is 0.669. The Labute approximate surface area is 169 Å². The van der Waals surface area contributed by atoms with Crippen LogP contribution in [0.25, 0.3) is 0 Å². The van der Waals surface area contributed by atoms with Crippen molar-refractivity contribution in [3.63, 3.8) is 0 Å². The number of β-amino-alcohol motifs (C(OH)–C–C–N with tert-alkyl or cyclic N) is 1. The van der Waals surface area contributed by atoms with E-state index >= 15 is 0 Å². The van der Waals surface area contributed by atoms with Crippen LogP contribution in [0, 0.1) is 5.92 Å². The molecular formula is C19H32B2N4O3. The van der Waals surface area contributed by atoms with Gasteiger partial charge in [0.2, 0.25) is 5.91 Å². The summed E-state index contributed by atoms with van der Waals surface area (Å²) in [5.74, 6) is 0.967. The summed E-state index contributed by atoms with van der Waals surface area (Å²) >= 11 is 0. The van der Waals surface area contributed by atoms with E-state index < -0.39 is 12.0 Å². The Morgan fingerprint density at radius 1 is 1.43 bits per heavy atom. The molecule has 9 heteroatoms. The number of nitrogens with one attached hydrogen (secondary N) is 1. The van der Waals surface area contributed by atoms with Gasteiger partial charge in [0.15, 0.2) is 0 Å². The van der Waals surface area contributed by atoms with E-state index in [0.717, 1.165) is 18.6 Å². The average Bonchev–Trinajstić information content (AvgIpc) is 3.24. The van der Waals surface area contributed by atoms with E-state index in [1.807, 2.05) is 27.7 Å². The van der Waals surface area contributed by atoms with Crippen LogP contribution >= 0.6 is 0 Å². The lowest BCUT2D eigenvalue weighted by Gasteiger charge is -2.33. The Hall–Kier alpha value is -1.76. The molecule has 3 unspecified atom stereocenters. The molecule has 0 spiro atoms. The van der Waals surface area contributed by atoms with Crippen molar-refractivity contribution in [3.05, 3.63) is 11.8 Å². The Balaban J connectivity index is 1.90. The largest absolute Gasteiger partial charge is 0.391 e. The van der Waals surface area contributed by atoms with E-state index in [-0.39, 0.29) is 28.9 Å². The minimum atomic E-state index is -0.556. The van der Waals surface area contributed by atoms with Gasteiger partial charge in [0, 0.05) is 18.6 Å². The summed E-state index contributed by atoms with van der Waals surface area (Å²) in [7, 11) is 2.77. The fourth-order valence-corrected chi connectivity index (χ4v) is 3.97. The first-order chi connectivity index (χ1) is 13.0. The molecule has 0 radical (unpaired) electrons. The molecule has 152 valence electrons. The molecule has 7 nitrogen and oxygen atoms in total. The molecule has 2 aliphatic rings. The fourth-order valence-electron chi connectivity index (χ4n) is 3.97. The van der Waals surface area contributed by atoms with E-state index in [1.165, 1.54) is 0 Å². The molecule has 0 aromatic carbocycles. The molecule has 1 saturated heterocycles. The first-order valence-corrected chi connectivity index (χ1v) is 10.3. The third-order valence-electron chi connectivity index (χ3n) is 6.43. The van der Waals surface area contributed by atoms with E-state index in [9.17, 15) is 9.90 Å². The van der Waals surface area contributed by atoms with Gasteiger partial charge in [0.05, 0.1) is 31.0 Å². The number of carbonyl (C=O) groups excluding carboxylic acids is 1. The maximum atomic E-state index is 13.6. The third-order valence-corrected chi connectivity index (χ3v) is 6.43. The number of aliphatic hydroxyl groups excluding tert-OH is 1. The summed E-state index contributed by atoms with van der Waals surface area (Å²) in [6.07, 6.45) is -0.0652. The van der Waals surface area contributed by atoms with Gasteiger partial charge in [0.1, 0.15) is 24.7 Å². The highest BCUT2D eigenvalue weighted by Crippen LogP contribution is 2.35. The van der Waals surface area contributed by atoms with Crippen molar-refractivity contribution in [2.45, 2.75) is 77.1 Å². The van der Waals surface area contributed by atoms with Crippen LogP contribution in [0.4, 0.5) is 0 Å². The summed E-state index contributed by atoms with van der Waals surface area (Å²) in [6.45, 7) is 12.7. The van der Waals surface area contributed by atoms with Crippen molar-refractivity contribution in [3.8, 4) is 0 Å². The number of likely N-dealkylation sites (tertiary alicyclic amines) is 1. The van der Waals surface area contributed by atoms with Gasteiger partial charge in [-0.05, 0) is 39.7 Å². The standard InChI is InChI=1S/C19H32B2N4O3/c1-10(2)15(13-8-14(21-20)24-28-13)17(27)25-9-11(26)7-12(25)16-22-18(3,4)19(5,6)23-16/h8,10-12,15,21,26H,7,9,20H2,1-6H3,(H,22,23). The molecule has 1 amide bonds. The third kappa shape index (κ3) is 3.61. The molecule has 0 saturated carbocycles. The van der Waals surface area contributed by atoms with Crippen LogP contribution < -0.4 is 10.9 Å². The molecule has 0 aliphatic carbocycles. The smallest absolute Gasteiger partial charge is 0.234 e. The van der Waals surface area contributed by atoms with E-state index in [4.69, 9.17) is 9.52 Å². The number of hydrogen-bond donors (Lipinski definition) is 2. The van der Waals surface area contributed by atoms with Gasteiger partial charge < -0.3 is 19.8 Å². The lowest BCUT2D eigenvalue weighted by Crippen LogP contribution is -2.54. The molecule has 1 fully saturated rings. The molecule has 3 heterocycles. The lowest BCUT2D eigenvalue weighted by atomic mass is 9.53. The zero-order valence-electron chi connectivity index (χ0n) is 18.1. The van der Waals surface area contributed by atoms with Crippen molar-refractivity contribution in [2.75, 3.05) is 6.54 Å². The van der Waals surface area contributed by atoms with Crippen molar-refractivity contribution < 1.29 is 14.4 Å². The Bertz CT molecular complexity index is 775. The summed E-state index contributed by atoms with van der Waals surface area (Å²) in [4.78, 5) is 20.2. The number of aliphatic hydroxyl groups is 1. The van der Waals surface area contributed by atoms with Crippen molar-refractivity contribution in [2.24, 2.45) is 10.9 Å². The summed E-state index contributed by atoms with van der Waals surface area (Å²) in [5, 5.41) is 17.9. The average molecular weight is 386 g/mol. The second kappa shape index (κ2) is 7.25. The maximum absolute atomic E-state index is 13.6. The zero-order chi connectivity index (χ0) is 20.9. The van der Waals surface area contributed by atoms with Gasteiger partial charge in [-0.1, -0.05) is 19.0 Å². The first-order valence-electron chi connectivity index (χ1n) is 10.3. The molecule has 1 aromatic rings. The number of carbonyl (C=O) groups is 1. The zero-order valence-corrected chi connectivity index (χ0v) is 18.1. The molecule has 3 atom stereocenters. The highest BCUT2D eigenvalue weighted by atomic mass is 16.5. The minimum Gasteiger partial charge on any atom is -0.391 e. The molecule has 0 bridgehead atoms. The summed E-state index contributed by atoms with van der Waals surface area (Å²) in [6, 6.07) is 1.63. The second-order valence-corrected chi connectivity index (χ2v) is 9.50. The molecule has 2 N–H and O–H groups in total. The van der Waals surface area contributed by atoms with Crippen LogP contribution in [0.3, 0.4) is 0 Å². The van der Waals surface area contributed by atoms with Crippen LogP contribution in [0.15, 0.2) is 15.6 Å². The number of aromatic nitrogens is 1. The number of nitrogens with zero attached hydrogens (tertiary/aromatic N) is 3. The second-order valence-electron chi connectivity index (χ2n) is 9.50. The number of amides is 1. The predicted molar refractivity (Wildman–Crippen MR) is 114 cm³/mol. The van der Waals surface area contributed by atoms with Crippen LogP contribution in [-0.2, 0) is 4.79 Å². The van der Waals surface area contributed by atoms with Gasteiger partial charge in [-0.25, -0.2) is 0 Å². The van der Waals surface area contributed by atoms with E-state index in [2.05, 4.69) is 38.2 Å². The van der Waals surface area contributed by atoms with Crippen LogP contribution in [0.5, 0.6) is 0 Å². The number of amidine groups is 1. The van der Waals surface area contributed by atoms with Gasteiger partial charge >= 0.3 is 0 Å². The van der Waals surface area contributed by atoms with Crippen LogP contribution in [-0.4, -0.2) is 71.6 Å². The van der Waals surface area contributed by atoms with E-state index in [0.29, 0.717) is 18.7 Å². The first kappa shape index (κ1) is 21.0.